The Balaban J connectivity index is 2.97. The van der Waals surface area contributed by atoms with Crippen molar-refractivity contribution in [1.82, 2.24) is 10.2 Å². The van der Waals surface area contributed by atoms with Crippen LogP contribution in [0.3, 0.4) is 0 Å². The molecule has 0 amide bonds. The van der Waals surface area contributed by atoms with E-state index in [0.29, 0.717) is 6.42 Å². The van der Waals surface area contributed by atoms with Gasteiger partial charge in [-0.15, -0.1) is 11.8 Å². The van der Waals surface area contributed by atoms with Crippen LogP contribution < -0.4 is 0 Å². The second-order valence-electron chi connectivity index (χ2n) is 3.39. The minimum atomic E-state index is -0.554. The fraction of sp³-hybridized carbons (Fsp3) is 0.500. The minimum absolute atomic E-state index is 0.453. The normalized spacial score (nSPS) is 11.7. The second-order valence-corrected chi connectivity index (χ2v) is 3.39. The lowest BCUT2D eigenvalue weighted by Gasteiger charge is -2.11. The van der Waals surface area contributed by atoms with E-state index in [9.17, 15) is 5.11 Å². The molecule has 1 unspecified atom stereocenters. The number of rotatable bonds is 3. The predicted octanol–water partition coefficient (Wildman–Crippen LogP) is 1.79. The molecular formula is C12H16N2O. The largest absolute Gasteiger partial charge is 0.387 e. The van der Waals surface area contributed by atoms with Gasteiger partial charge in [-0.05, 0) is 26.3 Å². The third-order valence-electron chi connectivity index (χ3n) is 2.19. The van der Waals surface area contributed by atoms with Crippen molar-refractivity contribution in [3.63, 3.8) is 0 Å². The molecule has 80 valence electrons. The Morgan fingerprint density at radius 2 is 2.20 bits per heavy atom. The highest BCUT2D eigenvalue weighted by atomic mass is 16.3. The van der Waals surface area contributed by atoms with Crippen molar-refractivity contribution in [1.29, 1.82) is 0 Å². The molecule has 1 N–H and O–H groups in total. The zero-order valence-electron chi connectivity index (χ0n) is 9.41. The Bertz CT molecular complexity index is 390. The van der Waals surface area contributed by atoms with E-state index in [1.165, 1.54) is 0 Å². The van der Waals surface area contributed by atoms with Crippen LogP contribution in [0.1, 0.15) is 43.3 Å². The van der Waals surface area contributed by atoms with Crippen LogP contribution in [0.2, 0.25) is 0 Å². The molecule has 1 heterocycles. The van der Waals surface area contributed by atoms with Gasteiger partial charge < -0.3 is 5.11 Å². The summed E-state index contributed by atoms with van der Waals surface area (Å²) >= 11 is 0. The van der Waals surface area contributed by atoms with Crippen molar-refractivity contribution >= 4 is 0 Å². The van der Waals surface area contributed by atoms with Crippen molar-refractivity contribution < 1.29 is 5.11 Å². The molecule has 15 heavy (non-hydrogen) atoms. The van der Waals surface area contributed by atoms with Gasteiger partial charge in [0.05, 0.1) is 17.5 Å². The van der Waals surface area contributed by atoms with E-state index in [2.05, 4.69) is 22.0 Å². The Morgan fingerprint density at radius 3 is 2.80 bits per heavy atom. The first-order valence-corrected chi connectivity index (χ1v) is 5.09. The zero-order valence-corrected chi connectivity index (χ0v) is 9.41. The molecule has 0 saturated heterocycles. The van der Waals surface area contributed by atoms with E-state index < -0.39 is 6.10 Å². The van der Waals surface area contributed by atoms with E-state index >= 15 is 0 Å². The third kappa shape index (κ3) is 3.03. The maximum absolute atomic E-state index is 9.92. The third-order valence-corrected chi connectivity index (χ3v) is 2.19. The van der Waals surface area contributed by atoms with Crippen LogP contribution in [0.4, 0.5) is 0 Å². The van der Waals surface area contributed by atoms with Crippen molar-refractivity contribution in [2.24, 2.45) is 0 Å². The summed E-state index contributed by atoms with van der Waals surface area (Å²) in [5.41, 5.74) is 2.53. The molecule has 0 aliphatic rings. The summed E-state index contributed by atoms with van der Waals surface area (Å²) in [6.45, 7) is 5.64. The molecule has 1 aromatic rings. The molecule has 0 saturated carbocycles. The van der Waals surface area contributed by atoms with Gasteiger partial charge >= 0.3 is 0 Å². The molecule has 0 aliphatic heterocycles. The summed E-state index contributed by atoms with van der Waals surface area (Å²) in [5.74, 6) is 5.64. The SMILES string of the molecule is CC#CCC(O)c1cc(C)nnc1CC. The van der Waals surface area contributed by atoms with E-state index in [4.69, 9.17) is 0 Å². The summed E-state index contributed by atoms with van der Waals surface area (Å²) < 4.78 is 0. The molecule has 0 aromatic carbocycles. The highest BCUT2D eigenvalue weighted by Crippen LogP contribution is 2.19. The van der Waals surface area contributed by atoms with Gasteiger partial charge in [-0.25, -0.2) is 0 Å². The topological polar surface area (TPSA) is 46.0 Å². The summed E-state index contributed by atoms with van der Waals surface area (Å²) in [4.78, 5) is 0. The van der Waals surface area contributed by atoms with Crippen molar-refractivity contribution in [3.05, 3.63) is 23.0 Å². The average molecular weight is 204 g/mol. The van der Waals surface area contributed by atoms with Crippen molar-refractivity contribution in [3.8, 4) is 11.8 Å². The lowest BCUT2D eigenvalue weighted by atomic mass is 10.0. The monoisotopic (exact) mass is 204 g/mol. The van der Waals surface area contributed by atoms with Gasteiger partial charge in [0, 0.05) is 12.0 Å². The average Bonchev–Trinajstić information content (AvgIpc) is 2.25. The lowest BCUT2D eigenvalue weighted by molar-refractivity contribution is 0.182. The molecule has 0 fully saturated rings. The minimum Gasteiger partial charge on any atom is -0.387 e. The first-order chi connectivity index (χ1) is 7.19. The Labute approximate surface area is 90.6 Å². The fourth-order valence-corrected chi connectivity index (χ4v) is 1.41. The quantitative estimate of drug-likeness (QED) is 0.763. The van der Waals surface area contributed by atoms with Crippen LogP contribution >= 0.6 is 0 Å². The molecule has 0 aliphatic carbocycles. The van der Waals surface area contributed by atoms with Crippen LogP contribution in [0.5, 0.6) is 0 Å². The van der Waals surface area contributed by atoms with Gasteiger partial charge in [-0.1, -0.05) is 6.92 Å². The van der Waals surface area contributed by atoms with Gasteiger partial charge in [0.2, 0.25) is 0 Å². The number of nitrogens with zero attached hydrogens (tertiary/aromatic N) is 2. The van der Waals surface area contributed by atoms with Crippen molar-refractivity contribution in [2.45, 2.75) is 39.7 Å². The van der Waals surface area contributed by atoms with E-state index in [1.807, 2.05) is 19.9 Å². The zero-order chi connectivity index (χ0) is 11.3. The summed E-state index contributed by atoms with van der Waals surface area (Å²) in [6.07, 6.45) is 0.676. The van der Waals surface area contributed by atoms with Gasteiger partial charge in [0.1, 0.15) is 0 Å². The standard InChI is InChI=1S/C12H16N2O/c1-4-6-7-12(15)10-8-9(3)13-14-11(10)5-2/h8,12,15H,5,7H2,1-3H3. The summed E-state index contributed by atoms with van der Waals surface area (Å²) in [6, 6.07) is 1.88. The summed E-state index contributed by atoms with van der Waals surface area (Å²) in [7, 11) is 0. The molecule has 3 heteroatoms. The molecular weight excluding hydrogens is 188 g/mol. The van der Waals surface area contributed by atoms with Crippen LogP contribution in [0, 0.1) is 18.8 Å². The predicted molar refractivity (Wildman–Crippen MR) is 59.2 cm³/mol. The number of aliphatic hydroxyl groups is 1. The molecule has 3 nitrogen and oxygen atoms in total. The van der Waals surface area contributed by atoms with Crippen LogP contribution in [-0.4, -0.2) is 15.3 Å². The van der Waals surface area contributed by atoms with E-state index in [-0.39, 0.29) is 0 Å². The van der Waals surface area contributed by atoms with E-state index in [1.54, 1.807) is 6.92 Å². The van der Waals surface area contributed by atoms with Crippen molar-refractivity contribution in [2.75, 3.05) is 0 Å². The maximum Gasteiger partial charge on any atom is 0.0918 e. The molecule has 1 rings (SSSR count). The van der Waals surface area contributed by atoms with Gasteiger partial charge in [-0.2, -0.15) is 10.2 Å². The summed E-state index contributed by atoms with van der Waals surface area (Å²) in [5, 5.41) is 18.0. The molecule has 0 bridgehead atoms. The molecule has 0 radical (unpaired) electrons. The number of hydrogen-bond acceptors (Lipinski definition) is 3. The van der Waals surface area contributed by atoms with Crippen LogP contribution in [-0.2, 0) is 6.42 Å². The second kappa shape index (κ2) is 5.47. The first kappa shape index (κ1) is 11.7. The van der Waals surface area contributed by atoms with Gasteiger partial charge in [0.25, 0.3) is 0 Å². The smallest absolute Gasteiger partial charge is 0.0918 e. The molecule has 1 atom stereocenters. The van der Waals surface area contributed by atoms with Crippen LogP contribution in [0.25, 0.3) is 0 Å². The number of aliphatic hydroxyl groups excluding tert-OH is 1. The van der Waals surface area contributed by atoms with E-state index in [0.717, 1.165) is 23.4 Å². The lowest BCUT2D eigenvalue weighted by Crippen LogP contribution is -2.05. The number of aromatic nitrogens is 2. The highest BCUT2D eigenvalue weighted by molar-refractivity contribution is 5.24. The molecule has 0 spiro atoms. The first-order valence-electron chi connectivity index (χ1n) is 5.09. The number of aryl methyl sites for hydroxylation is 2. The molecule has 1 aromatic heterocycles. The van der Waals surface area contributed by atoms with Gasteiger partial charge in [-0.3, -0.25) is 0 Å². The number of hydrogen-bond donors (Lipinski definition) is 1. The Kier molecular flexibility index (Phi) is 4.26. The Morgan fingerprint density at radius 1 is 1.47 bits per heavy atom. The van der Waals surface area contributed by atoms with Gasteiger partial charge in [0.15, 0.2) is 0 Å². The highest BCUT2D eigenvalue weighted by Gasteiger charge is 2.12. The Hall–Kier alpha value is -1.40. The fourth-order valence-electron chi connectivity index (χ4n) is 1.41. The van der Waals surface area contributed by atoms with Crippen LogP contribution in [0.15, 0.2) is 6.07 Å². The maximum atomic E-state index is 9.92.